The number of amides is 1. The number of nitrogens with one attached hydrogen (secondary N) is 1. The smallest absolute Gasteiger partial charge is 0.255 e. The first-order chi connectivity index (χ1) is 13.7. The third-order valence-corrected chi connectivity index (χ3v) is 5.09. The minimum atomic E-state index is -0.407. The molecule has 0 bridgehead atoms. The van der Waals surface area contributed by atoms with Crippen molar-refractivity contribution < 1.29 is 18.7 Å². The second kappa shape index (κ2) is 8.71. The van der Waals surface area contributed by atoms with Crippen LogP contribution in [0.2, 0.25) is 0 Å². The highest BCUT2D eigenvalue weighted by Crippen LogP contribution is 2.32. The Morgan fingerprint density at radius 3 is 2.61 bits per heavy atom. The standard InChI is InChI=1S/C22H25FN2O3/c23-19-7-8-21(28-15-17-1-2-17)20(13-19)24-22(26)18-5-3-16(4-6-18)14-25-9-11-27-12-10-25/h3-8,13,17H,1-2,9-12,14-15H2,(H,24,26). The van der Waals surface area contributed by atoms with E-state index in [0.29, 0.717) is 29.5 Å². The lowest BCUT2D eigenvalue weighted by Crippen LogP contribution is -2.35. The number of nitrogens with zero attached hydrogens (tertiary/aromatic N) is 1. The molecule has 1 aliphatic heterocycles. The Hall–Kier alpha value is -2.44. The van der Waals surface area contributed by atoms with Gasteiger partial charge in [-0.1, -0.05) is 12.1 Å². The molecule has 5 nitrogen and oxygen atoms in total. The normalized spacial score (nSPS) is 17.3. The maximum atomic E-state index is 13.7. The first-order valence-electron chi connectivity index (χ1n) is 9.80. The Morgan fingerprint density at radius 1 is 1.14 bits per heavy atom. The van der Waals surface area contributed by atoms with E-state index < -0.39 is 5.82 Å². The van der Waals surface area contributed by atoms with E-state index in [1.807, 2.05) is 12.1 Å². The molecule has 2 fully saturated rings. The fourth-order valence-electron chi connectivity index (χ4n) is 3.19. The molecule has 0 aromatic heterocycles. The van der Waals surface area contributed by atoms with Gasteiger partial charge in [0.1, 0.15) is 11.6 Å². The molecule has 1 amide bonds. The Labute approximate surface area is 164 Å². The fraction of sp³-hybridized carbons (Fsp3) is 0.409. The van der Waals surface area contributed by atoms with Crippen molar-refractivity contribution in [3.63, 3.8) is 0 Å². The fourth-order valence-corrected chi connectivity index (χ4v) is 3.19. The van der Waals surface area contributed by atoms with Crippen LogP contribution in [0.3, 0.4) is 0 Å². The van der Waals surface area contributed by atoms with E-state index in [0.717, 1.165) is 38.4 Å². The van der Waals surface area contributed by atoms with E-state index >= 15 is 0 Å². The highest BCUT2D eigenvalue weighted by atomic mass is 19.1. The van der Waals surface area contributed by atoms with Crippen LogP contribution in [-0.2, 0) is 11.3 Å². The summed E-state index contributed by atoms with van der Waals surface area (Å²) in [6, 6.07) is 11.7. The first kappa shape index (κ1) is 18.9. The Morgan fingerprint density at radius 2 is 1.89 bits per heavy atom. The van der Waals surface area contributed by atoms with Crippen molar-refractivity contribution in [3.8, 4) is 5.75 Å². The van der Waals surface area contributed by atoms with E-state index in [-0.39, 0.29) is 5.91 Å². The maximum Gasteiger partial charge on any atom is 0.255 e. The molecule has 2 aromatic rings. The summed E-state index contributed by atoms with van der Waals surface area (Å²) in [4.78, 5) is 14.9. The molecule has 0 radical (unpaired) electrons. The molecule has 1 heterocycles. The second-order valence-corrected chi connectivity index (χ2v) is 7.43. The van der Waals surface area contributed by atoms with Gasteiger partial charge in [-0.25, -0.2) is 4.39 Å². The van der Waals surface area contributed by atoms with Crippen molar-refractivity contribution in [2.45, 2.75) is 19.4 Å². The lowest BCUT2D eigenvalue weighted by atomic mass is 10.1. The van der Waals surface area contributed by atoms with E-state index in [1.165, 1.54) is 25.0 Å². The molecule has 0 spiro atoms. The van der Waals surface area contributed by atoms with Gasteiger partial charge >= 0.3 is 0 Å². The number of anilines is 1. The van der Waals surface area contributed by atoms with Crippen molar-refractivity contribution in [2.24, 2.45) is 5.92 Å². The van der Waals surface area contributed by atoms with Gasteiger partial charge in [0.15, 0.2) is 0 Å². The average Bonchev–Trinajstić information content (AvgIpc) is 3.53. The number of carbonyl (C=O) groups is 1. The van der Waals surface area contributed by atoms with Crippen LogP contribution in [0, 0.1) is 11.7 Å². The first-order valence-corrected chi connectivity index (χ1v) is 9.80. The molecular weight excluding hydrogens is 359 g/mol. The van der Waals surface area contributed by atoms with Gasteiger partial charge < -0.3 is 14.8 Å². The van der Waals surface area contributed by atoms with Gasteiger partial charge in [-0.15, -0.1) is 0 Å². The molecule has 2 aliphatic rings. The predicted octanol–water partition coefficient (Wildman–Crippen LogP) is 3.70. The van der Waals surface area contributed by atoms with Gasteiger partial charge in [-0.2, -0.15) is 0 Å². The van der Waals surface area contributed by atoms with Crippen molar-refractivity contribution in [1.82, 2.24) is 4.90 Å². The molecule has 1 saturated carbocycles. The highest BCUT2D eigenvalue weighted by molar-refractivity contribution is 6.05. The van der Waals surface area contributed by atoms with Crippen molar-refractivity contribution in [2.75, 3.05) is 38.2 Å². The van der Waals surface area contributed by atoms with Crippen LogP contribution in [0.5, 0.6) is 5.75 Å². The monoisotopic (exact) mass is 384 g/mol. The number of ether oxygens (including phenoxy) is 2. The average molecular weight is 384 g/mol. The zero-order chi connectivity index (χ0) is 19.3. The zero-order valence-corrected chi connectivity index (χ0v) is 15.8. The van der Waals surface area contributed by atoms with Crippen LogP contribution in [0.25, 0.3) is 0 Å². The Balaban J connectivity index is 1.39. The van der Waals surface area contributed by atoms with Gasteiger partial charge in [0.25, 0.3) is 5.91 Å². The summed E-state index contributed by atoms with van der Waals surface area (Å²) in [7, 11) is 0. The summed E-state index contributed by atoms with van der Waals surface area (Å²) in [5.74, 6) is 0.396. The largest absolute Gasteiger partial charge is 0.491 e. The van der Waals surface area contributed by atoms with E-state index in [2.05, 4.69) is 10.2 Å². The lowest BCUT2D eigenvalue weighted by molar-refractivity contribution is 0.0342. The molecule has 1 aliphatic carbocycles. The van der Waals surface area contributed by atoms with Crippen molar-refractivity contribution in [1.29, 1.82) is 0 Å². The molecule has 28 heavy (non-hydrogen) atoms. The Kier molecular flexibility index (Phi) is 5.88. The number of benzene rings is 2. The Bertz CT molecular complexity index is 815. The van der Waals surface area contributed by atoms with E-state index in [9.17, 15) is 9.18 Å². The summed E-state index contributed by atoms with van der Waals surface area (Å²) >= 11 is 0. The van der Waals surface area contributed by atoms with Gasteiger partial charge in [0, 0.05) is 31.3 Å². The number of halogens is 1. The molecule has 0 atom stereocenters. The van der Waals surface area contributed by atoms with E-state index in [4.69, 9.17) is 9.47 Å². The minimum Gasteiger partial charge on any atom is -0.491 e. The molecule has 148 valence electrons. The molecule has 6 heteroatoms. The van der Waals surface area contributed by atoms with Crippen LogP contribution in [0.15, 0.2) is 42.5 Å². The quantitative estimate of drug-likeness (QED) is 0.791. The minimum absolute atomic E-state index is 0.278. The van der Waals surface area contributed by atoms with Gasteiger partial charge in [-0.05, 0) is 48.6 Å². The number of hydrogen-bond donors (Lipinski definition) is 1. The molecule has 4 rings (SSSR count). The number of hydrogen-bond acceptors (Lipinski definition) is 4. The van der Waals surface area contributed by atoms with Gasteiger partial charge in [-0.3, -0.25) is 9.69 Å². The molecule has 2 aromatic carbocycles. The molecule has 0 unspecified atom stereocenters. The number of morpholine rings is 1. The van der Waals surface area contributed by atoms with Gasteiger partial charge in [0.2, 0.25) is 0 Å². The third-order valence-electron chi connectivity index (χ3n) is 5.09. The van der Waals surface area contributed by atoms with Crippen LogP contribution in [0.1, 0.15) is 28.8 Å². The van der Waals surface area contributed by atoms with Crippen LogP contribution in [-0.4, -0.2) is 43.7 Å². The van der Waals surface area contributed by atoms with E-state index in [1.54, 1.807) is 18.2 Å². The third kappa shape index (κ3) is 5.09. The highest BCUT2D eigenvalue weighted by Gasteiger charge is 2.22. The van der Waals surface area contributed by atoms with Crippen LogP contribution >= 0.6 is 0 Å². The summed E-state index contributed by atoms with van der Waals surface area (Å²) in [5.41, 5.74) is 2.05. The molecular formula is C22H25FN2O3. The zero-order valence-electron chi connectivity index (χ0n) is 15.8. The summed E-state index contributed by atoms with van der Waals surface area (Å²) < 4.78 is 24.8. The van der Waals surface area contributed by atoms with Crippen LogP contribution < -0.4 is 10.1 Å². The van der Waals surface area contributed by atoms with Crippen molar-refractivity contribution >= 4 is 11.6 Å². The van der Waals surface area contributed by atoms with Crippen molar-refractivity contribution in [3.05, 3.63) is 59.4 Å². The topological polar surface area (TPSA) is 50.8 Å². The number of rotatable bonds is 7. The molecule has 1 saturated heterocycles. The maximum absolute atomic E-state index is 13.7. The molecule has 1 N–H and O–H groups in total. The lowest BCUT2D eigenvalue weighted by Gasteiger charge is -2.26. The summed E-state index contributed by atoms with van der Waals surface area (Å²) in [6.45, 7) is 4.81. The number of carbonyl (C=O) groups excluding carboxylic acids is 1. The van der Waals surface area contributed by atoms with Crippen LogP contribution in [0.4, 0.5) is 10.1 Å². The predicted molar refractivity (Wildman–Crippen MR) is 105 cm³/mol. The second-order valence-electron chi connectivity index (χ2n) is 7.43. The summed E-state index contributed by atoms with van der Waals surface area (Å²) in [5, 5.41) is 2.78. The van der Waals surface area contributed by atoms with Gasteiger partial charge in [0.05, 0.1) is 25.5 Å². The SMILES string of the molecule is O=C(Nc1cc(F)ccc1OCC1CC1)c1ccc(CN2CCOCC2)cc1. The summed E-state index contributed by atoms with van der Waals surface area (Å²) in [6.07, 6.45) is 2.33.